The number of carbonyl (C=O) groups is 1. The highest BCUT2D eigenvalue weighted by molar-refractivity contribution is 8.00. The van der Waals surface area contributed by atoms with E-state index in [1.165, 1.54) is 7.11 Å². The van der Waals surface area contributed by atoms with E-state index in [0.29, 0.717) is 11.4 Å². The van der Waals surface area contributed by atoms with Gasteiger partial charge >= 0.3 is 5.97 Å². The molecule has 0 N–H and O–H groups in total. The molecule has 0 saturated carbocycles. The Morgan fingerprint density at radius 3 is 2.93 bits per heavy atom. The maximum atomic E-state index is 11.1. The Balaban J connectivity index is 2.22. The summed E-state index contributed by atoms with van der Waals surface area (Å²) in [6, 6.07) is 0. The molecule has 1 saturated heterocycles. The predicted molar refractivity (Wildman–Crippen MR) is 57.5 cm³/mol. The van der Waals surface area contributed by atoms with Crippen LogP contribution in [0.5, 0.6) is 0 Å². The number of hydrogen-bond acceptors (Lipinski definition) is 4. The van der Waals surface area contributed by atoms with Crippen LogP contribution in [-0.4, -0.2) is 36.8 Å². The Hall–Kier alpha value is -0.220. The van der Waals surface area contributed by atoms with Crippen molar-refractivity contribution >= 4 is 17.7 Å². The molecule has 0 bridgehead atoms. The van der Waals surface area contributed by atoms with E-state index in [1.807, 2.05) is 18.7 Å². The third-order valence-corrected chi connectivity index (χ3v) is 4.21. The molecular weight excluding hydrogens is 200 g/mol. The van der Waals surface area contributed by atoms with Crippen LogP contribution in [0.15, 0.2) is 0 Å². The summed E-state index contributed by atoms with van der Waals surface area (Å²) in [6.07, 6.45) is 1.42. The molecule has 1 fully saturated rings. The zero-order chi connectivity index (χ0) is 10.6. The Morgan fingerprint density at radius 1 is 1.71 bits per heavy atom. The van der Waals surface area contributed by atoms with Crippen molar-refractivity contribution in [1.29, 1.82) is 0 Å². The van der Waals surface area contributed by atoms with Crippen molar-refractivity contribution in [3.63, 3.8) is 0 Å². The first-order valence-corrected chi connectivity index (χ1v) is 6.01. The van der Waals surface area contributed by atoms with Crippen LogP contribution in [0.1, 0.15) is 20.3 Å². The summed E-state index contributed by atoms with van der Waals surface area (Å²) in [5.41, 5.74) is 0. The molecule has 3 nitrogen and oxygen atoms in total. The molecule has 0 aromatic rings. The molecule has 0 radical (unpaired) electrons. The summed E-state index contributed by atoms with van der Waals surface area (Å²) in [5.74, 6) is 0.687. The molecule has 0 amide bonds. The van der Waals surface area contributed by atoms with Crippen LogP contribution in [0.4, 0.5) is 0 Å². The van der Waals surface area contributed by atoms with E-state index in [-0.39, 0.29) is 11.9 Å². The normalized spacial score (nSPS) is 28.8. The Bertz CT molecular complexity index is 196. The maximum absolute atomic E-state index is 11.1. The van der Waals surface area contributed by atoms with Crippen molar-refractivity contribution in [2.45, 2.75) is 31.6 Å². The molecule has 3 atom stereocenters. The fourth-order valence-corrected chi connectivity index (χ4v) is 2.75. The third kappa shape index (κ3) is 3.17. The van der Waals surface area contributed by atoms with Gasteiger partial charge in [-0.3, -0.25) is 4.79 Å². The van der Waals surface area contributed by atoms with Crippen LogP contribution in [0.2, 0.25) is 0 Å². The van der Waals surface area contributed by atoms with Gasteiger partial charge in [-0.25, -0.2) is 0 Å². The standard InChI is InChI=1S/C10H18O3S/c1-7(10(11)12-3)6-14-9-4-5-13-8(9)2/h7-9H,4-6H2,1-3H3. The molecule has 3 unspecified atom stereocenters. The number of carbonyl (C=O) groups excluding carboxylic acids is 1. The van der Waals surface area contributed by atoms with Crippen molar-refractivity contribution in [2.24, 2.45) is 5.92 Å². The maximum Gasteiger partial charge on any atom is 0.309 e. The van der Waals surface area contributed by atoms with E-state index in [4.69, 9.17) is 4.74 Å². The van der Waals surface area contributed by atoms with Crippen LogP contribution < -0.4 is 0 Å². The second-order valence-electron chi connectivity index (χ2n) is 3.66. The first kappa shape index (κ1) is 11.9. The molecule has 82 valence electrons. The number of hydrogen-bond donors (Lipinski definition) is 0. The highest BCUT2D eigenvalue weighted by Crippen LogP contribution is 2.27. The number of esters is 1. The summed E-state index contributed by atoms with van der Waals surface area (Å²) in [6.45, 7) is 4.85. The lowest BCUT2D eigenvalue weighted by atomic mass is 10.2. The van der Waals surface area contributed by atoms with Crippen LogP contribution in [0, 0.1) is 5.92 Å². The average Bonchev–Trinajstić information content (AvgIpc) is 2.59. The van der Waals surface area contributed by atoms with E-state index < -0.39 is 0 Å². The van der Waals surface area contributed by atoms with Gasteiger partial charge in [-0.15, -0.1) is 0 Å². The van der Waals surface area contributed by atoms with Crippen LogP contribution in [0.25, 0.3) is 0 Å². The first-order valence-electron chi connectivity index (χ1n) is 4.96. The molecule has 1 aliphatic heterocycles. The minimum Gasteiger partial charge on any atom is -0.469 e. The van der Waals surface area contributed by atoms with Gasteiger partial charge < -0.3 is 9.47 Å². The highest BCUT2D eigenvalue weighted by Gasteiger charge is 2.26. The van der Waals surface area contributed by atoms with Gasteiger partial charge in [0.1, 0.15) is 0 Å². The molecule has 1 heterocycles. The van der Waals surface area contributed by atoms with Crippen molar-refractivity contribution in [2.75, 3.05) is 19.5 Å². The summed E-state index contributed by atoms with van der Waals surface area (Å²) < 4.78 is 10.1. The quantitative estimate of drug-likeness (QED) is 0.673. The topological polar surface area (TPSA) is 35.5 Å². The monoisotopic (exact) mass is 218 g/mol. The molecule has 1 rings (SSSR count). The average molecular weight is 218 g/mol. The smallest absolute Gasteiger partial charge is 0.309 e. The van der Waals surface area contributed by atoms with E-state index in [2.05, 4.69) is 11.7 Å². The predicted octanol–water partition coefficient (Wildman–Crippen LogP) is 1.71. The van der Waals surface area contributed by atoms with Crippen LogP contribution in [0.3, 0.4) is 0 Å². The molecular formula is C10H18O3S. The summed E-state index contributed by atoms with van der Waals surface area (Å²) in [5, 5.41) is 0.544. The lowest BCUT2D eigenvalue weighted by molar-refractivity contribution is -0.143. The summed E-state index contributed by atoms with van der Waals surface area (Å²) in [7, 11) is 1.44. The molecule has 0 spiro atoms. The minimum atomic E-state index is -0.121. The number of thioether (sulfide) groups is 1. The van der Waals surface area contributed by atoms with Gasteiger partial charge in [0.25, 0.3) is 0 Å². The van der Waals surface area contributed by atoms with Crippen LogP contribution in [-0.2, 0) is 14.3 Å². The van der Waals surface area contributed by atoms with Crippen molar-refractivity contribution in [3.8, 4) is 0 Å². The number of methoxy groups -OCH3 is 1. The van der Waals surface area contributed by atoms with Crippen LogP contribution >= 0.6 is 11.8 Å². The van der Waals surface area contributed by atoms with E-state index in [0.717, 1.165) is 18.8 Å². The summed E-state index contributed by atoms with van der Waals surface area (Å²) >= 11 is 1.82. The molecule has 0 aromatic heterocycles. The fraction of sp³-hybridized carbons (Fsp3) is 0.900. The molecule has 14 heavy (non-hydrogen) atoms. The van der Waals surface area contributed by atoms with Gasteiger partial charge in [-0.1, -0.05) is 6.92 Å². The molecule has 0 aliphatic carbocycles. The SMILES string of the molecule is COC(=O)C(C)CSC1CCOC1C. The van der Waals surface area contributed by atoms with Gasteiger partial charge in [0, 0.05) is 17.6 Å². The second-order valence-corrected chi connectivity index (χ2v) is 4.93. The Labute approximate surface area is 89.5 Å². The largest absolute Gasteiger partial charge is 0.469 e. The zero-order valence-electron chi connectivity index (χ0n) is 8.99. The molecule has 1 aliphatic rings. The van der Waals surface area contributed by atoms with Crippen molar-refractivity contribution < 1.29 is 14.3 Å². The Morgan fingerprint density at radius 2 is 2.43 bits per heavy atom. The second kappa shape index (κ2) is 5.61. The lowest BCUT2D eigenvalue weighted by Gasteiger charge is -2.15. The van der Waals surface area contributed by atoms with E-state index in [1.54, 1.807) is 0 Å². The van der Waals surface area contributed by atoms with E-state index >= 15 is 0 Å². The van der Waals surface area contributed by atoms with Gasteiger partial charge in [0.15, 0.2) is 0 Å². The van der Waals surface area contributed by atoms with E-state index in [9.17, 15) is 4.79 Å². The summed E-state index contributed by atoms with van der Waals surface area (Å²) in [4.78, 5) is 11.1. The number of rotatable bonds is 4. The Kier molecular flexibility index (Phi) is 4.75. The molecule has 4 heteroatoms. The van der Waals surface area contributed by atoms with Gasteiger partial charge in [0.2, 0.25) is 0 Å². The van der Waals surface area contributed by atoms with Gasteiger partial charge in [0.05, 0.1) is 19.1 Å². The molecule has 0 aromatic carbocycles. The highest BCUT2D eigenvalue weighted by atomic mass is 32.2. The van der Waals surface area contributed by atoms with Crippen molar-refractivity contribution in [3.05, 3.63) is 0 Å². The third-order valence-electron chi connectivity index (χ3n) is 2.47. The first-order chi connectivity index (χ1) is 6.65. The lowest BCUT2D eigenvalue weighted by Crippen LogP contribution is -2.19. The van der Waals surface area contributed by atoms with Crippen molar-refractivity contribution in [1.82, 2.24) is 0 Å². The van der Waals surface area contributed by atoms with Gasteiger partial charge in [-0.2, -0.15) is 11.8 Å². The van der Waals surface area contributed by atoms with Gasteiger partial charge in [-0.05, 0) is 13.3 Å². The fourth-order valence-electron chi connectivity index (χ4n) is 1.47. The zero-order valence-corrected chi connectivity index (χ0v) is 9.80. The number of ether oxygens (including phenoxy) is 2. The minimum absolute atomic E-state index is 0.0159.